The number of nitrogens with one attached hydrogen (secondary N) is 1. The van der Waals surface area contributed by atoms with Crippen molar-refractivity contribution in [2.75, 3.05) is 13.1 Å². The summed E-state index contributed by atoms with van der Waals surface area (Å²) in [6.45, 7) is -0.174. The minimum absolute atomic E-state index is 0.0349. The van der Waals surface area contributed by atoms with Gasteiger partial charge in [0.25, 0.3) is 17.7 Å². The van der Waals surface area contributed by atoms with Gasteiger partial charge in [0.15, 0.2) is 5.78 Å². The lowest BCUT2D eigenvalue weighted by molar-refractivity contribution is -0.126. The molecule has 1 aliphatic heterocycles. The lowest BCUT2D eigenvalue weighted by Gasteiger charge is -2.27. The smallest absolute Gasteiger partial charge is 0.261 e. The zero-order chi connectivity index (χ0) is 22.7. The molecule has 1 aromatic heterocycles. The largest absolute Gasteiger partial charge is 0.383 e. The van der Waals surface area contributed by atoms with Gasteiger partial charge in [-0.25, -0.2) is 0 Å². The average molecular weight is 431 g/mol. The number of hydrogen-bond acceptors (Lipinski definition) is 6. The van der Waals surface area contributed by atoms with Gasteiger partial charge in [-0.05, 0) is 36.1 Å². The van der Waals surface area contributed by atoms with Gasteiger partial charge in [0, 0.05) is 41.9 Å². The molecule has 162 valence electrons. The third-order valence-corrected chi connectivity index (χ3v) is 5.41. The molecule has 0 fully saturated rings. The maximum atomic E-state index is 12.9. The topological polar surface area (TPSA) is 117 Å². The van der Waals surface area contributed by atoms with Gasteiger partial charge in [0.05, 0.1) is 12.1 Å². The first-order chi connectivity index (χ1) is 15.5. The van der Waals surface area contributed by atoms with Crippen LogP contribution in [0.5, 0.6) is 0 Å². The molecule has 0 saturated heterocycles. The van der Waals surface area contributed by atoms with Crippen LogP contribution in [0.3, 0.4) is 0 Å². The summed E-state index contributed by atoms with van der Waals surface area (Å²) in [5.74, 6) is -1.70. The van der Waals surface area contributed by atoms with Crippen molar-refractivity contribution in [2.24, 2.45) is 0 Å². The number of ketones is 1. The summed E-state index contributed by atoms with van der Waals surface area (Å²) in [5, 5.41) is 14.0. The summed E-state index contributed by atoms with van der Waals surface area (Å²) in [6.07, 6.45) is 1.72. The summed E-state index contributed by atoms with van der Waals surface area (Å²) >= 11 is 0. The van der Waals surface area contributed by atoms with Crippen LogP contribution < -0.4 is 5.32 Å². The van der Waals surface area contributed by atoms with Crippen LogP contribution in [0.2, 0.25) is 0 Å². The number of carbonyl (C=O) groups is 4. The molecule has 1 aliphatic rings. The molecule has 0 radical (unpaired) electrons. The second-order valence-corrected chi connectivity index (χ2v) is 7.51. The van der Waals surface area contributed by atoms with Gasteiger partial charge in [-0.3, -0.25) is 29.1 Å². The Morgan fingerprint density at radius 2 is 1.69 bits per heavy atom. The molecule has 4 rings (SSSR count). The summed E-state index contributed by atoms with van der Waals surface area (Å²) in [5.41, 5.74) is 1.24. The van der Waals surface area contributed by atoms with E-state index >= 15 is 0 Å². The highest BCUT2D eigenvalue weighted by molar-refractivity contribution is 6.25. The quantitative estimate of drug-likeness (QED) is 0.527. The van der Waals surface area contributed by atoms with Crippen molar-refractivity contribution >= 4 is 34.3 Å². The highest BCUT2D eigenvalue weighted by atomic mass is 16.3. The van der Waals surface area contributed by atoms with E-state index in [9.17, 15) is 24.3 Å². The Balaban J connectivity index is 1.32. The zero-order valence-electron chi connectivity index (χ0n) is 17.2. The second kappa shape index (κ2) is 9.07. The molecule has 2 heterocycles. The van der Waals surface area contributed by atoms with E-state index in [1.165, 1.54) is 12.4 Å². The molecular formula is C24H21N3O5. The fourth-order valence-corrected chi connectivity index (χ4v) is 3.76. The van der Waals surface area contributed by atoms with Crippen LogP contribution in [-0.2, 0) is 4.79 Å². The minimum Gasteiger partial charge on any atom is -0.383 e. The molecule has 0 aliphatic carbocycles. The number of benzene rings is 2. The Hall–Kier alpha value is -3.91. The number of rotatable bonds is 8. The van der Waals surface area contributed by atoms with Crippen molar-refractivity contribution in [2.45, 2.75) is 18.9 Å². The molecule has 0 bridgehead atoms. The van der Waals surface area contributed by atoms with Crippen molar-refractivity contribution in [1.82, 2.24) is 15.2 Å². The van der Waals surface area contributed by atoms with Crippen molar-refractivity contribution in [3.63, 3.8) is 0 Å². The van der Waals surface area contributed by atoms with E-state index < -0.39 is 29.6 Å². The molecule has 2 aromatic carbocycles. The highest BCUT2D eigenvalue weighted by Crippen LogP contribution is 2.30. The standard InChI is InChI=1S/C24H21N3O5/c28-19(20(29)14-26-22(30)16-7-3-11-25-13-16)10-4-12-27-23(31)17-8-1-5-15-6-2-9-18(21(15)17)24(27)32/h1-3,5-9,11,13,20,29H,4,10,12,14H2,(H,26,30)/t20-/m0/s1. The molecule has 0 spiro atoms. The number of amides is 3. The van der Waals surface area contributed by atoms with Gasteiger partial charge in [-0.1, -0.05) is 24.3 Å². The van der Waals surface area contributed by atoms with Gasteiger partial charge in [0.1, 0.15) is 6.10 Å². The predicted molar refractivity (Wildman–Crippen MR) is 116 cm³/mol. The number of carbonyl (C=O) groups excluding carboxylic acids is 4. The predicted octanol–water partition coefficient (Wildman–Crippen LogP) is 1.97. The van der Waals surface area contributed by atoms with E-state index in [-0.39, 0.29) is 25.9 Å². The summed E-state index contributed by atoms with van der Waals surface area (Å²) in [7, 11) is 0. The Morgan fingerprint density at radius 3 is 2.31 bits per heavy atom. The lowest BCUT2D eigenvalue weighted by atomic mass is 9.94. The van der Waals surface area contributed by atoms with Crippen LogP contribution in [0.15, 0.2) is 60.9 Å². The van der Waals surface area contributed by atoms with E-state index in [0.29, 0.717) is 22.1 Å². The van der Waals surface area contributed by atoms with Crippen LogP contribution >= 0.6 is 0 Å². The van der Waals surface area contributed by atoms with E-state index in [4.69, 9.17) is 0 Å². The van der Waals surface area contributed by atoms with Gasteiger partial charge < -0.3 is 10.4 Å². The van der Waals surface area contributed by atoms with Gasteiger partial charge in [-0.15, -0.1) is 0 Å². The van der Waals surface area contributed by atoms with E-state index in [1.807, 2.05) is 12.1 Å². The van der Waals surface area contributed by atoms with Crippen LogP contribution in [0, 0.1) is 0 Å². The van der Waals surface area contributed by atoms with Gasteiger partial charge >= 0.3 is 0 Å². The Kier molecular flexibility index (Phi) is 6.04. The number of aromatic nitrogens is 1. The third kappa shape index (κ3) is 4.13. The maximum absolute atomic E-state index is 12.9. The summed E-state index contributed by atoms with van der Waals surface area (Å²) < 4.78 is 0. The molecule has 3 amide bonds. The molecular weight excluding hydrogens is 410 g/mol. The third-order valence-electron chi connectivity index (χ3n) is 5.41. The van der Waals surface area contributed by atoms with Crippen LogP contribution in [-0.4, -0.2) is 57.7 Å². The molecule has 1 atom stereocenters. The first-order valence-corrected chi connectivity index (χ1v) is 10.2. The fraction of sp³-hybridized carbons (Fsp3) is 0.208. The number of imide groups is 1. The number of pyridine rings is 1. The normalized spacial score (nSPS) is 13.8. The summed E-state index contributed by atoms with van der Waals surface area (Å²) in [4.78, 5) is 54.9. The number of nitrogens with zero attached hydrogens (tertiary/aromatic N) is 2. The van der Waals surface area contributed by atoms with E-state index in [1.54, 1.807) is 36.4 Å². The number of aliphatic hydroxyl groups excluding tert-OH is 1. The van der Waals surface area contributed by atoms with Crippen LogP contribution in [0.4, 0.5) is 0 Å². The molecule has 2 N–H and O–H groups in total. The Bertz CT molecular complexity index is 1160. The van der Waals surface area contributed by atoms with E-state index in [2.05, 4.69) is 10.3 Å². The molecule has 3 aromatic rings. The molecule has 0 saturated carbocycles. The molecule has 32 heavy (non-hydrogen) atoms. The monoisotopic (exact) mass is 431 g/mol. The Morgan fingerprint density at radius 1 is 1.00 bits per heavy atom. The van der Waals surface area contributed by atoms with Crippen molar-refractivity contribution in [3.8, 4) is 0 Å². The SMILES string of the molecule is O=C(NC[C@H](O)C(=O)CCCN1C(=O)c2cccc3cccc(c23)C1=O)c1cccnc1. The zero-order valence-corrected chi connectivity index (χ0v) is 17.2. The number of Topliss-reactive ketones (excluding diaryl/α,β-unsaturated/α-hetero) is 1. The van der Waals surface area contributed by atoms with Crippen molar-refractivity contribution in [1.29, 1.82) is 0 Å². The first kappa shape index (κ1) is 21.3. The Labute approximate surface area is 183 Å². The lowest BCUT2D eigenvalue weighted by Crippen LogP contribution is -2.41. The second-order valence-electron chi connectivity index (χ2n) is 7.51. The highest BCUT2D eigenvalue weighted by Gasteiger charge is 2.32. The van der Waals surface area contributed by atoms with Gasteiger partial charge in [-0.2, -0.15) is 0 Å². The van der Waals surface area contributed by atoms with Crippen molar-refractivity contribution in [3.05, 3.63) is 77.6 Å². The summed E-state index contributed by atoms with van der Waals surface area (Å²) in [6, 6.07) is 13.8. The number of hydrogen-bond donors (Lipinski definition) is 2. The molecule has 8 heteroatoms. The molecule has 8 nitrogen and oxygen atoms in total. The minimum atomic E-state index is -1.38. The van der Waals surface area contributed by atoms with Crippen LogP contribution in [0.25, 0.3) is 10.8 Å². The molecule has 0 unspecified atom stereocenters. The van der Waals surface area contributed by atoms with E-state index in [0.717, 1.165) is 10.3 Å². The van der Waals surface area contributed by atoms with Gasteiger partial charge in [0.2, 0.25) is 0 Å². The maximum Gasteiger partial charge on any atom is 0.261 e. The number of aliphatic hydroxyl groups is 1. The average Bonchev–Trinajstić information content (AvgIpc) is 2.83. The fourth-order valence-electron chi connectivity index (χ4n) is 3.76. The first-order valence-electron chi connectivity index (χ1n) is 10.2. The van der Waals surface area contributed by atoms with Crippen molar-refractivity contribution < 1.29 is 24.3 Å². The van der Waals surface area contributed by atoms with Crippen LogP contribution in [0.1, 0.15) is 43.9 Å².